The number of nitrogens with zero attached hydrogens (tertiary/aromatic N) is 1. The molecule has 0 bridgehead atoms. The smallest absolute Gasteiger partial charge is 0.240 e. The molecule has 74 valence electrons. The fourth-order valence-electron chi connectivity index (χ4n) is 1.56. The summed E-state index contributed by atoms with van der Waals surface area (Å²) in [6, 6.07) is -0.435. The second-order valence-corrected chi connectivity index (χ2v) is 4.47. The van der Waals surface area contributed by atoms with Crippen LogP contribution in [0, 0.1) is 0 Å². The highest BCUT2D eigenvalue weighted by atomic mass is 79.9. The Bertz CT molecular complexity index is 232. The minimum Gasteiger partial charge on any atom is -0.368 e. The number of hydrogen-bond acceptors (Lipinski definition) is 2. The van der Waals surface area contributed by atoms with Crippen LogP contribution >= 0.6 is 15.9 Å². The molecule has 2 atom stereocenters. The molecule has 0 aromatic carbocycles. The van der Waals surface area contributed by atoms with E-state index in [0.29, 0.717) is 19.4 Å². The molecule has 1 aliphatic heterocycles. The van der Waals surface area contributed by atoms with Gasteiger partial charge in [-0.1, -0.05) is 22.9 Å². The Hall–Kier alpha value is -0.580. The van der Waals surface area contributed by atoms with E-state index < -0.39 is 11.9 Å². The van der Waals surface area contributed by atoms with Gasteiger partial charge in [0.05, 0.1) is 0 Å². The van der Waals surface area contributed by atoms with Crippen LogP contribution in [0.5, 0.6) is 0 Å². The topological polar surface area (TPSA) is 63.4 Å². The lowest BCUT2D eigenvalue weighted by Gasteiger charge is -2.23. The van der Waals surface area contributed by atoms with Crippen molar-refractivity contribution >= 4 is 27.7 Å². The van der Waals surface area contributed by atoms with Crippen molar-refractivity contribution in [2.24, 2.45) is 5.73 Å². The largest absolute Gasteiger partial charge is 0.368 e. The van der Waals surface area contributed by atoms with Gasteiger partial charge in [-0.25, -0.2) is 0 Å². The lowest BCUT2D eigenvalue weighted by molar-refractivity contribution is -0.136. The summed E-state index contributed by atoms with van der Waals surface area (Å²) in [6.45, 7) is 2.44. The van der Waals surface area contributed by atoms with Crippen LogP contribution in [0.15, 0.2) is 0 Å². The fraction of sp³-hybridized carbons (Fsp3) is 0.750. The molecule has 4 nitrogen and oxygen atoms in total. The number of carbonyl (C=O) groups is 2. The van der Waals surface area contributed by atoms with Gasteiger partial charge in [0.25, 0.3) is 0 Å². The van der Waals surface area contributed by atoms with Crippen LogP contribution in [0.3, 0.4) is 0 Å². The second kappa shape index (κ2) is 4.09. The molecule has 0 aromatic rings. The van der Waals surface area contributed by atoms with Gasteiger partial charge in [-0.2, -0.15) is 0 Å². The normalized spacial score (nSPS) is 24.9. The van der Waals surface area contributed by atoms with E-state index in [1.165, 1.54) is 0 Å². The molecule has 2 N–H and O–H groups in total. The third-order valence-electron chi connectivity index (χ3n) is 2.20. The predicted octanol–water partition coefficient (Wildman–Crippen LogP) is 0.246. The quantitative estimate of drug-likeness (QED) is 0.728. The summed E-state index contributed by atoms with van der Waals surface area (Å²) >= 11 is 3.35. The van der Waals surface area contributed by atoms with Crippen LogP contribution in [0.1, 0.15) is 19.8 Å². The first-order valence-corrected chi connectivity index (χ1v) is 5.20. The molecule has 0 aromatic heterocycles. The average molecular weight is 249 g/mol. The Kier molecular flexibility index (Phi) is 3.30. The third kappa shape index (κ3) is 2.21. The summed E-state index contributed by atoms with van der Waals surface area (Å²) in [5.41, 5.74) is 5.19. The molecule has 13 heavy (non-hydrogen) atoms. The summed E-state index contributed by atoms with van der Waals surface area (Å²) < 4.78 is 0. The number of likely N-dealkylation sites (tertiary alicyclic amines) is 1. The number of rotatable bonds is 3. The van der Waals surface area contributed by atoms with Gasteiger partial charge in [-0.15, -0.1) is 0 Å². The fourth-order valence-corrected chi connectivity index (χ4v) is 2.15. The maximum Gasteiger partial charge on any atom is 0.240 e. The van der Waals surface area contributed by atoms with E-state index in [1.807, 2.05) is 6.92 Å². The number of primary amides is 1. The summed E-state index contributed by atoms with van der Waals surface area (Å²) in [7, 11) is 0. The van der Waals surface area contributed by atoms with Crippen LogP contribution in [0.2, 0.25) is 0 Å². The summed E-state index contributed by atoms with van der Waals surface area (Å²) in [5.74, 6) is -0.412. The van der Waals surface area contributed by atoms with Gasteiger partial charge in [0.2, 0.25) is 11.8 Å². The molecular formula is C8H13BrN2O2. The zero-order valence-corrected chi connectivity index (χ0v) is 9.08. The number of carbonyl (C=O) groups excluding carboxylic acids is 2. The van der Waals surface area contributed by atoms with Gasteiger partial charge in [0.15, 0.2) is 0 Å². The van der Waals surface area contributed by atoms with Crippen LogP contribution in [0.4, 0.5) is 0 Å². The monoisotopic (exact) mass is 248 g/mol. The predicted molar refractivity (Wildman–Crippen MR) is 52.3 cm³/mol. The Labute approximate surface area is 85.6 Å². The molecule has 1 heterocycles. The van der Waals surface area contributed by atoms with Crippen molar-refractivity contribution in [3.8, 4) is 0 Å². The van der Waals surface area contributed by atoms with E-state index in [-0.39, 0.29) is 10.7 Å². The van der Waals surface area contributed by atoms with E-state index in [9.17, 15) is 9.59 Å². The van der Waals surface area contributed by atoms with E-state index in [0.717, 1.165) is 0 Å². The summed E-state index contributed by atoms with van der Waals surface area (Å²) in [6.07, 6.45) is 1.05. The number of nitrogens with two attached hydrogens (primary N) is 1. The van der Waals surface area contributed by atoms with Gasteiger partial charge in [0.1, 0.15) is 6.04 Å². The Morgan fingerprint density at radius 1 is 1.85 bits per heavy atom. The number of hydrogen-bond donors (Lipinski definition) is 1. The highest BCUT2D eigenvalue weighted by molar-refractivity contribution is 9.09. The third-order valence-corrected chi connectivity index (χ3v) is 2.82. The molecule has 5 heteroatoms. The van der Waals surface area contributed by atoms with Crippen LogP contribution in [-0.4, -0.2) is 34.1 Å². The van der Waals surface area contributed by atoms with Gasteiger partial charge in [-0.3, -0.25) is 9.59 Å². The zero-order valence-electron chi connectivity index (χ0n) is 7.50. The maximum atomic E-state index is 11.4. The van der Waals surface area contributed by atoms with Crippen molar-refractivity contribution in [1.82, 2.24) is 4.90 Å². The van der Waals surface area contributed by atoms with Crippen LogP contribution < -0.4 is 5.73 Å². The molecule has 0 saturated carbocycles. The van der Waals surface area contributed by atoms with Gasteiger partial charge in [0, 0.05) is 17.8 Å². The minimum absolute atomic E-state index is 0.00697. The first-order valence-electron chi connectivity index (χ1n) is 4.29. The molecule has 1 aliphatic rings. The van der Waals surface area contributed by atoms with E-state index in [2.05, 4.69) is 15.9 Å². The van der Waals surface area contributed by atoms with Gasteiger partial charge in [-0.05, 0) is 6.42 Å². The summed E-state index contributed by atoms with van der Waals surface area (Å²) in [4.78, 5) is 24.1. The molecule has 0 spiro atoms. The average Bonchev–Trinajstić information content (AvgIpc) is 2.31. The van der Waals surface area contributed by atoms with Crippen LogP contribution in [-0.2, 0) is 9.59 Å². The molecule has 0 radical (unpaired) electrons. The van der Waals surface area contributed by atoms with Crippen LogP contribution in [0.25, 0.3) is 0 Å². The van der Waals surface area contributed by atoms with Gasteiger partial charge < -0.3 is 10.6 Å². The number of alkyl halides is 1. The standard InChI is InChI=1S/C8H13BrN2O2/c1-2-6(8(10)13)11-4-5(9)3-7(11)12/h5-6H,2-4H2,1H3,(H2,10,13). The van der Waals surface area contributed by atoms with Crippen molar-refractivity contribution in [3.05, 3.63) is 0 Å². The van der Waals surface area contributed by atoms with E-state index >= 15 is 0 Å². The highest BCUT2D eigenvalue weighted by Crippen LogP contribution is 2.21. The van der Waals surface area contributed by atoms with Gasteiger partial charge >= 0.3 is 0 Å². The molecule has 2 amide bonds. The number of halogens is 1. The van der Waals surface area contributed by atoms with E-state index in [1.54, 1.807) is 4.90 Å². The van der Waals surface area contributed by atoms with Crippen molar-refractivity contribution in [1.29, 1.82) is 0 Å². The molecule has 1 rings (SSSR count). The first kappa shape index (κ1) is 10.5. The van der Waals surface area contributed by atoms with E-state index in [4.69, 9.17) is 5.73 Å². The summed E-state index contributed by atoms with van der Waals surface area (Å²) in [5, 5.41) is 0. The first-order chi connectivity index (χ1) is 6.06. The highest BCUT2D eigenvalue weighted by Gasteiger charge is 2.34. The molecule has 1 saturated heterocycles. The lowest BCUT2D eigenvalue weighted by atomic mass is 10.2. The molecule has 0 aliphatic carbocycles. The maximum absolute atomic E-state index is 11.4. The Balaban J connectivity index is 2.69. The molecular weight excluding hydrogens is 236 g/mol. The Morgan fingerprint density at radius 3 is 2.77 bits per heavy atom. The van der Waals surface area contributed by atoms with Crippen molar-refractivity contribution in [3.63, 3.8) is 0 Å². The van der Waals surface area contributed by atoms with Crippen molar-refractivity contribution in [2.45, 2.75) is 30.6 Å². The van der Waals surface area contributed by atoms with Crippen molar-refractivity contribution < 1.29 is 9.59 Å². The second-order valence-electron chi connectivity index (χ2n) is 3.17. The molecule has 2 unspecified atom stereocenters. The molecule has 1 fully saturated rings. The minimum atomic E-state index is -0.435. The SMILES string of the molecule is CCC(C(N)=O)N1CC(Br)CC1=O. The Morgan fingerprint density at radius 2 is 2.46 bits per heavy atom. The zero-order chi connectivity index (χ0) is 10.0. The lowest BCUT2D eigenvalue weighted by Crippen LogP contribution is -2.45. The number of amides is 2. The van der Waals surface area contributed by atoms with Crippen molar-refractivity contribution in [2.75, 3.05) is 6.54 Å².